The maximum Gasteiger partial charge on any atom is 0.222 e. The molecule has 0 N–H and O–H groups in total. The lowest BCUT2D eigenvalue weighted by atomic mass is 10.1. The van der Waals surface area contributed by atoms with E-state index in [0.29, 0.717) is 26.1 Å². The van der Waals surface area contributed by atoms with E-state index < -0.39 is 0 Å². The largest absolute Gasteiger partial charge is 0.374 e. The Labute approximate surface area is 136 Å². The number of hydrogen-bond donors (Lipinski definition) is 0. The van der Waals surface area contributed by atoms with E-state index in [-0.39, 0.29) is 12.0 Å². The Morgan fingerprint density at radius 2 is 2.17 bits per heavy atom. The fraction of sp³-hybridized carbons (Fsp3) is 0.471. The third kappa shape index (κ3) is 4.63. The summed E-state index contributed by atoms with van der Waals surface area (Å²) in [4.78, 5) is 18.2. The summed E-state index contributed by atoms with van der Waals surface area (Å²) in [7, 11) is 0. The number of hydrogen-bond acceptors (Lipinski definition) is 4. The van der Waals surface area contributed by atoms with Crippen molar-refractivity contribution in [1.29, 1.82) is 0 Å². The molecule has 2 heterocycles. The summed E-state index contributed by atoms with van der Waals surface area (Å²) in [6, 6.07) is 10.3. The Morgan fingerprint density at radius 3 is 2.96 bits per heavy atom. The first-order valence-corrected chi connectivity index (χ1v) is 8.07. The standard InChI is InChI=1S/C17H22N4O2/c22-17(7-4-8-21-14-18-13-19-21)20-9-10-23-16(12-20)11-15-5-2-1-3-6-15/h1-3,5-6,13-14,16H,4,7-12H2/t16-/m0/s1. The molecule has 6 nitrogen and oxygen atoms in total. The third-order valence-electron chi connectivity index (χ3n) is 4.04. The smallest absolute Gasteiger partial charge is 0.222 e. The van der Waals surface area contributed by atoms with Crippen molar-refractivity contribution in [3.05, 3.63) is 48.5 Å². The van der Waals surface area contributed by atoms with Crippen molar-refractivity contribution in [2.45, 2.75) is 31.9 Å². The summed E-state index contributed by atoms with van der Waals surface area (Å²) in [5.41, 5.74) is 1.25. The molecule has 0 unspecified atom stereocenters. The van der Waals surface area contributed by atoms with Gasteiger partial charge in [-0.05, 0) is 12.0 Å². The van der Waals surface area contributed by atoms with Crippen LogP contribution in [-0.4, -0.2) is 51.4 Å². The number of rotatable bonds is 6. The summed E-state index contributed by atoms with van der Waals surface area (Å²) in [5.74, 6) is 0.200. The van der Waals surface area contributed by atoms with Crippen molar-refractivity contribution >= 4 is 5.91 Å². The first kappa shape index (κ1) is 15.7. The van der Waals surface area contributed by atoms with Gasteiger partial charge in [0, 0.05) is 32.5 Å². The van der Waals surface area contributed by atoms with Crippen LogP contribution < -0.4 is 0 Å². The van der Waals surface area contributed by atoms with Gasteiger partial charge in [-0.1, -0.05) is 30.3 Å². The summed E-state index contributed by atoms with van der Waals surface area (Å²) >= 11 is 0. The van der Waals surface area contributed by atoms with E-state index in [1.807, 2.05) is 23.1 Å². The number of ether oxygens (including phenoxy) is 1. The van der Waals surface area contributed by atoms with Gasteiger partial charge in [-0.3, -0.25) is 9.48 Å². The number of nitrogens with zero attached hydrogens (tertiary/aromatic N) is 4. The van der Waals surface area contributed by atoms with E-state index in [1.165, 1.54) is 11.9 Å². The Bertz CT molecular complexity index is 600. The number of benzene rings is 1. The molecular weight excluding hydrogens is 292 g/mol. The molecule has 1 aliphatic rings. The fourth-order valence-corrected chi connectivity index (χ4v) is 2.84. The van der Waals surface area contributed by atoms with E-state index in [2.05, 4.69) is 22.2 Å². The average molecular weight is 314 g/mol. The van der Waals surface area contributed by atoms with Crippen molar-refractivity contribution in [2.24, 2.45) is 0 Å². The highest BCUT2D eigenvalue weighted by Gasteiger charge is 2.24. The lowest BCUT2D eigenvalue weighted by molar-refractivity contribution is -0.138. The molecule has 0 aliphatic carbocycles. The topological polar surface area (TPSA) is 60.2 Å². The molecule has 0 saturated carbocycles. The third-order valence-corrected chi connectivity index (χ3v) is 4.04. The van der Waals surface area contributed by atoms with Crippen LogP contribution in [0.3, 0.4) is 0 Å². The summed E-state index contributed by atoms with van der Waals surface area (Å²) in [6.45, 7) is 2.71. The Balaban J connectivity index is 1.44. The van der Waals surface area contributed by atoms with Crippen molar-refractivity contribution < 1.29 is 9.53 Å². The molecule has 1 fully saturated rings. The van der Waals surface area contributed by atoms with Crippen LogP contribution in [0.5, 0.6) is 0 Å². The van der Waals surface area contributed by atoms with Gasteiger partial charge in [-0.25, -0.2) is 4.98 Å². The van der Waals surface area contributed by atoms with Gasteiger partial charge in [-0.2, -0.15) is 5.10 Å². The van der Waals surface area contributed by atoms with Gasteiger partial charge < -0.3 is 9.64 Å². The number of aryl methyl sites for hydroxylation is 1. The van der Waals surface area contributed by atoms with Crippen molar-refractivity contribution in [1.82, 2.24) is 19.7 Å². The van der Waals surface area contributed by atoms with E-state index >= 15 is 0 Å². The summed E-state index contributed by atoms with van der Waals surface area (Å²) in [6.07, 6.45) is 5.45. The van der Waals surface area contributed by atoms with Crippen LogP contribution in [0.4, 0.5) is 0 Å². The molecule has 1 saturated heterocycles. The summed E-state index contributed by atoms with van der Waals surface area (Å²) in [5, 5.41) is 4.05. The predicted molar refractivity (Wildman–Crippen MR) is 85.7 cm³/mol. The Kier molecular flexibility index (Phi) is 5.37. The molecule has 3 rings (SSSR count). The van der Waals surface area contributed by atoms with Gasteiger partial charge in [0.15, 0.2) is 0 Å². The number of amides is 1. The minimum atomic E-state index is 0.0883. The van der Waals surface area contributed by atoms with Crippen LogP contribution in [0.2, 0.25) is 0 Å². The number of morpholine rings is 1. The first-order valence-electron chi connectivity index (χ1n) is 8.07. The van der Waals surface area contributed by atoms with Crippen LogP contribution in [0.15, 0.2) is 43.0 Å². The molecule has 1 atom stereocenters. The molecule has 1 aromatic heterocycles. The maximum absolute atomic E-state index is 12.3. The fourth-order valence-electron chi connectivity index (χ4n) is 2.84. The second-order valence-corrected chi connectivity index (χ2v) is 5.78. The van der Waals surface area contributed by atoms with E-state index in [9.17, 15) is 4.79 Å². The lowest BCUT2D eigenvalue weighted by Gasteiger charge is -2.33. The molecule has 1 aromatic carbocycles. The molecule has 6 heteroatoms. The molecular formula is C17H22N4O2. The molecule has 23 heavy (non-hydrogen) atoms. The van der Waals surface area contributed by atoms with Gasteiger partial charge in [0.1, 0.15) is 12.7 Å². The highest BCUT2D eigenvalue weighted by molar-refractivity contribution is 5.76. The van der Waals surface area contributed by atoms with Gasteiger partial charge in [-0.15, -0.1) is 0 Å². The van der Waals surface area contributed by atoms with Crippen LogP contribution in [0, 0.1) is 0 Å². The van der Waals surface area contributed by atoms with Gasteiger partial charge in [0.05, 0.1) is 12.7 Å². The van der Waals surface area contributed by atoms with Crippen molar-refractivity contribution in [3.63, 3.8) is 0 Å². The second-order valence-electron chi connectivity index (χ2n) is 5.78. The molecule has 0 spiro atoms. The molecule has 0 radical (unpaired) electrons. The maximum atomic E-state index is 12.3. The average Bonchev–Trinajstić information content (AvgIpc) is 3.09. The molecule has 0 bridgehead atoms. The molecule has 2 aromatic rings. The van der Waals surface area contributed by atoms with Crippen LogP contribution in [0.25, 0.3) is 0 Å². The highest BCUT2D eigenvalue weighted by Crippen LogP contribution is 2.13. The predicted octanol–water partition coefficient (Wildman–Crippen LogP) is 1.53. The quantitative estimate of drug-likeness (QED) is 0.811. The number of aromatic nitrogens is 3. The SMILES string of the molecule is O=C(CCCn1cncn1)N1CCO[C@@H](Cc2ccccc2)C1. The number of carbonyl (C=O) groups excluding carboxylic acids is 1. The Morgan fingerprint density at radius 1 is 1.30 bits per heavy atom. The zero-order chi connectivity index (χ0) is 15.9. The lowest BCUT2D eigenvalue weighted by Crippen LogP contribution is -2.46. The first-order chi connectivity index (χ1) is 11.3. The molecule has 1 aliphatic heterocycles. The minimum Gasteiger partial charge on any atom is -0.374 e. The van der Waals surface area contributed by atoms with Crippen LogP contribution in [0.1, 0.15) is 18.4 Å². The van der Waals surface area contributed by atoms with E-state index in [0.717, 1.165) is 19.4 Å². The highest BCUT2D eigenvalue weighted by atomic mass is 16.5. The van der Waals surface area contributed by atoms with Crippen LogP contribution >= 0.6 is 0 Å². The normalized spacial score (nSPS) is 18.1. The van der Waals surface area contributed by atoms with Gasteiger partial charge in [0.25, 0.3) is 0 Å². The monoisotopic (exact) mass is 314 g/mol. The van der Waals surface area contributed by atoms with Crippen LogP contribution in [-0.2, 0) is 22.5 Å². The van der Waals surface area contributed by atoms with E-state index in [4.69, 9.17) is 4.74 Å². The minimum absolute atomic E-state index is 0.0883. The Hall–Kier alpha value is -2.21. The molecule has 122 valence electrons. The van der Waals surface area contributed by atoms with Gasteiger partial charge in [0.2, 0.25) is 5.91 Å². The van der Waals surface area contributed by atoms with Crippen molar-refractivity contribution in [3.8, 4) is 0 Å². The summed E-state index contributed by atoms with van der Waals surface area (Å²) < 4.78 is 7.56. The zero-order valence-electron chi connectivity index (χ0n) is 13.2. The molecule has 1 amide bonds. The van der Waals surface area contributed by atoms with E-state index in [1.54, 1.807) is 11.0 Å². The van der Waals surface area contributed by atoms with Crippen molar-refractivity contribution in [2.75, 3.05) is 19.7 Å². The second kappa shape index (κ2) is 7.87. The number of carbonyl (C=O) groups is 1. The zero-order valence-corrected chi connectivity index (χ0v) is 13.2. The van der Waals surface area contributed by atoms with Gasteiger partial charge >= 0.3 is 0 Å².